The van der Waals surface area contributed by atoms with Gasteiger partial charge in [0.1, 0.15) is 0 Å². The number of rotatable bonds is 8. The summed E-state index contributed by atoms with van der Waals surface area (Å²) in [5, 5.41) is 3.29. The Morgan fingerprint density at radius 1 is 1.15 bits per heavy atom. The van der Waals surface area contributed by atoms with Crippen molar-refractivity contribution in [3.8, 4) is 0 Å². The molecule has 0 heterocycles. The first kappa shape index (κ1) is 12.9. The lowest BCUT2D eigenvalue weighted by Crippen LogP contribution is -2.32. The fourth-order valence-corrected chi connectivity index (χ4v) is 1.05. The number of hydrogen-bond acceptors (Lipinski definition) is 3. The van der Waals surface area contributed by atoms with Crippen molar-refractivity contribution in [2.75, 3.05) is 26.4 Å². The summed E-state index contributed by atoms with van der Waals surface area (Å²) in [6.45, 7) is 11.4. The molecule has 0 radical (unpaired) electrons. The average Bonchev–Trinajstić information content (AvgIpc) is 2.12. The van der Waals surface area contributed by atoms with Gasteiger partial charge in [-0.2, -0.15) is 0 Å². The first-order valence-corrected chi connectivity index (χ1v) is 5.13. The molecule has 0 aliphatic heterocycles. The van der Waals surface area contributed by atoms with E-state index in [0.29, 0.717) is 12.6 Å². The van der Waals surface area contributed by atoms with Crippen LogP contribution in [0.2, 0.25) is 0 Å². The second-order valence-electron chi connectivity index (χ2n) is 3.26. The highest BCUT2D eigenvalue weighted by atomic mass is 16.5. The van der Waals surface area contributed by atoms with Crippen LogP contribution in [0.4, 0.5) is 0 Å². The molecular weight excluding hydrogens is 166 g/mol. The quantitative estimate of drug-likeness (QED) is 0.626. The number of hydrogen-bond donors (Lipinski definition) is 1. The van der Waals surface area contributed by atoms with Crippen LogP contribution in [0.1, 0.15) is 27.7 Å². The van der Waals surface area contributed by atoms with E-state index >= 15 is 0 Å². The summed E-state index contributed by atoms with van der Waals surface area (Å²) >= 11 is 0. The van der Waals surface area contributed by atoms with Crippen molar-refractivity contribution in [3.63, 3.8) is 0 Å². The van der Waals surface area contributed by atoms with E-state index in [9.17, 15) is 0 Å². The number of ether oxygens (including phenoxy) is 2. The van der Waals surface area contributed by atoms with E-state index in [1.54, 1.807) is 0 Å². The molecule has 3 heteroatoms. The summed E-state index contributed by atoms with van der Waals surface area (Å²) in [7, 11) is 0. The van der Waals surface area contributed by atoms with Gasteiger partial charge in [0.15, 0.2) is 0 Å². The molecule has 0 aliphatic rings. The Labute approximate surface area is 81.8 Å². The van der Waals surface area contributed by atoms with E-state index in [0.717, 1.165) is 19.8 Å². The van der Waals surface area contributed by atoms with Gasteiger partial charge in [-0.25, -0.2) is 0 Å². The summed E-state index contributed by atoms with van der Waals surface area (Å²) in [5.41, 5.74) is 0. The molecule has 0 bridgehead atoms. The van der Waals surface area contributed by atoms with Crippen LogP contribution in [0.3, 0.4) is 0 Å². The monoisotopic (exact) mass is 189 g/mol. The van der Waals surface area contributed by atoms with E-state index in [1.165, 1.54) is 0 Å². The molecular formula is C10H23NO2. The van der Waals surface area contributed by atoms with Gasteiger partial charge >= 0.3 is 0 Å². The topological polar surface area (TPSA) is 30.5 Å². The SMILES string of the molecule is CCNC(C)COC(C)COCC. The van der Waals surface area contributed by atoms with Gasteiger partial charge in [0.25, 0.3) is 0 Å². The molecule has 2 unspecified atom stereocenters. The van der Waals surface area contributed by atoms with Crippen LogP contribution in [0, 0.1) is 0 Å². The second kappa shape index (κ2) is 8.48. The van der Waals surface area contributed by atoms with Gasteiger partial charge in [-0.1, -0.05) is 6.92 Å². The van der Waals surface area contributed by atoms with Gasteiger partial charge < -0.3 is 14.8 Å². The molecule has 1 N–H and O–H groups in total. The zero-order chi connectivity index (χ0) is 10.1. The van der Waals surface area contributed by atoms with Gasteiger partial charge in [0.2, 0.25) is 0 Å². The molecule has 0 aromatic rings. The molecule has 0 rings (SSSR count). The Morgan fingerprint density at radius 3 is 2.38 bits per heavy atom. The van der Waals surface area contributed by atoms with E-state index in [-0.39, 0.29) is 6.10 Å². The minimum atomic E-state index is 0.195. The molecule has 0 spiro atoms. The molecule has 0 fully saturated rings. The normalized spacial score (nSPS) is 15.7. The van der Waals surface area contributed by atoms with Crippen LogP contribution in [-0.4, -0.2) is 38.5 Å². The number of nitrogens with one attached hydrogen (secondary N) is 1. The summed E-state index contributed by atoms with van der Waals surface area (Å²) in [5.74, 6) is 0. The molecule has 0 aliphatic carbocycles. The van der Waals surface area contributed by atoms with Crippen LogP contribution >= 0.6 is 0 Å². The molecule has 0 saturated heterocycles. The number of likely N-dealkylation sites (N-methyl/N-ethyl adjacent to an activating group) is 1. The lowest BCUT2D eigenvalue weighted by Gasteiger charge is -2.17. The molecule has 80 valence electrons. The molecule has 2 atom stereocenters. The lowest BCUT2D eigenvalue weighted by atomic mass is 10.3. The maximum absolute atomic E-state index is 5.57. The summed E-state index contributed by atoms with van der Waals surface area (Å²) in [6.07, 6.45) is 0.195. The van der Waals surface area contributed by atoms with Crippen molar-refractivity contribution in [1.82, 2.24) is 5.32 Å². The van der Waals surface area contributed by atoms with E-state index < -0.39 is 0 Å². The molecule has 0 saturated carbocycles. The molecule has 0 amide bonds. The zero-order valence-electron chi connectivity index (χ0n) is 9.30. The highest BCUT2D eigenvalue weighted by Gasteiger charge is 2.04. The first-order valence-electron chi connectivity index (χ1n) is 5.13. The van der Waals surface area contributed by atoms with Crippen LogP contribution in [-0.2, 0) is 9.47 Å². The zero-order valence-corrected chi connectivity index (χ0v) is 9.30. The molecule has 0 aromatic carbocycles. The van der Waals surface area contributed by atoms with Crippen molar-refractivity contribution in [2.24, 2.45) is 0 Å². The van der Waals surface area contributed by atoms with Gasteiger partial charge in [0.05, 0.1) is 19.3 Å². The fraction of sp³-hybridized carbons (Fsp3) is 1.00. The van der Waals surface area contributed by atoms with Crippen molar-refractivity contribution in [3.05, 3.63) is 0 Å². The average molecular weight is 189 g/mol. The summed E-state index contributed by atoms with van der Waals surface area (Å²) < 4.78 is 10.8. The Kier molecular flexibility index (Phi) is 8.40. The summed E-state index contributed by atoms with van der Waals surface area (Å²) in [4.78, 5) is 0. The van der Waals surface area contributed by atoms with Crippen LogP contribution < -0.4 is 5.32 Å². The van der Waals surface area contributed by atoms with Gasteiger partial charge in [-0.3, -0.25) is 0 Å². The minimum absolute atomic E-state index is 0.195. The predicted octanol–water partition coefficient (Wildman–Crippen LogP) is 1.43. The fourth-order valence-electron chi connectivity index (χ4n) is 1.05. The third-order valence-corrected chi connectivity index (χ3v) is 1.74. The van der Waals surface area contributed by atoms with Crippen molar-refractivity contribution < 1.29 is 9.47 Å². The van der Waals surface area contributed by atoms with E-state index in [2.05, 4.69) is 19.2 Å². The Balaban J connectivity index is 3.29. The van der Waals surface area contributed by atoms with Crippen LogP contribution in [0.5, 0.6) is 0 Å². The Hall–Kier alpha value is -0.120. The van der Waals surface area contributed by atoms with Gasteiger partial charge in [-0.15, -0.1) is 0 Å². The van der Waals surface area contributed by atoms with E-state index in [4.69, 9.17) is 9.47 Å². The Morgan fingerprint density at radius 2 is 1.85 bits per heavy atom. The summed E-state index contributed by atoms with van der Waals surface area (Å²) in [6, 6.07) is 0.425. The maximum atomic E-state index is 5.57. The highest BCUT2D eigenvalue weighted by molar-refractivity contribution is 4.58. The van der Waals surface area contributed by atoms with Crippen molar-refractivity contribution >= 4 is 0 Å². The Bertz CT molecular complexity index is 109. The molecule has 0 aromatic heterocycles. The van der Waals surface area contributed by atoms with E-state index in [1.807, 2.05) is 13.8 Å². The second-order valence-corrected chi connectivity index (χ2v) is 3.26. The molecule has 13 heavy (non-hydrogen) atoms. The van der Waals surface area contributed by atoms with Crippen LogP contribution in [0.25, 0.3) is 0 Å². The lowest BCUT2D eigenvalue weighted by molar-refractivity contribution is -0.00961. The predicted molar refractivity (Wildman–Crippen MR) is 55.0 cm³/mol. The maximum Gasteiger partial charge on any atom is 0.0781 e. The molecule has 3 nitrogen and oxygen atoms in total. The van der Waals surface area contributed by atoms with Crippen LogP contribution in [0.15, 0.2) is 0 Å². The largest absolute Gasteiger partial charge is 0.379 e. The van der Waals surface area contributed by atoms with Gasteiger partial charge in [0, 0.05) is 12.6 Å². The highest BCUT2D eigenvalue weighted by Crippen LogP contribution is 1.94. The smallest absolute Gasteiger partial charge is 0.0781 e. The third-order valence-electron chi connectivity index (χ3n) is 1.74. The minimum Gasteiger partial charge on any atom is -0.379 e. The third kappa shape index (κ3) is 8.22. The standard InChI is InChI=1S/C10H23NO2/c1-5-11-9(3)7-13-10(4)8-12-6-2/h9-11H,5-8H2,1-4H3. The van der Waals surface area contributed by atoms with Gasteiger partial charge in [-0.05, 0) is 27.3 Å². The van der Waals surface area contributed by atoms with Crippen molar-refractivity contribution in [2.45, 2.75) is 39.8 Å². The van der Waals surface area contributed by atoms with Crippen molar-refractivity contribution in [1.29, 1.82) is 0 Å². The first-order chi connectivity index (χ1) is 6.20.